The summed E-state index contributed by atoms with van der Waals surface area (Å²) < 4.78 is 11.6. The summed E-state index contributed by atoms with van der Waals surface area (Å²) in [6.45, 7) is 2.71. The molecule has 0 aromatic heterocycles. The van der Waals surface area contributed by atoms with E-state index in [1.54, 1.807) is 0 Å². The van der Waals surface area contributed by atoms with Gasteiger partial charge in [-0.25, -0.2) is 0 Å². The third-order valence-electron chi connectivity index (χ3n) is 1.22. The first-order valence-corrected chi connectivity index (χ1v) is 4.99. The number of alkyl halides is 1. The van der Waals surface area contributed by atoms with Gasteiger partial charge in [-0.15, -0.1) is 0 Å². The van der Waals surface area contributed by atoms with Crippen LogP contribution in [0.4, 0.5) is 4.39 Å². The molecule has 3 heteroatoms. The molecule has 0 radical (unpaired) electrons. The molecule has 0 aromatic carbocycles. The molecular weight excluding hydrogens is 149 g/mol. The maximum Gasteiger partial charge on any atom is 0.0906 e. The van der Waals surface area contributed by atoms with Crippen molar-refractivity contribution in [3.05, 3.63) is 0 Å². The highest BCUT2D eigenvalue weighted by atomic mass is 32.2. The van der Waals surface area contributed by atoms with E-state index in [1.165, 1.54) is 0 Å². The van der Waals surface area contributed by atoms with Crippen molar-refractivity contribution in [3.63, 3.8) is 0 Å². The van der Waals surface area contributed by atoms with Gasteiger partial charge in [-0.05, 0) is 26.1 Å². The second-order valence-corrected chi connectivity index (χ2v) is 3.26. The Bertz CT molecular complexity index is 70.6. The minimum absolute atomic E-state index is 0.209. The predicted molar refractivity (Wildman–Crippen MR) is 46.4 cm³/mol. The summed E-state index contributed by atoms with van der Waals surface area (Å²) in [5.41, 5.74) is 0. The van der Waals surface area contributed by atoms with E-state index in [9.17, 15) is 4.39 Å². The zero-order valence-corrected chi connectivity index (χ0v) is 7.51. The van der Waals surface area contributed by atoms with Crippen LogP contribution in [-0.4, -0.2) is 31.3 Å². The van der Waals surface area contributed by atoms with E-state index in [0.717, 1.165) is 12.3 Å². The van der Waals surface area contributed by atoms with Crippen LogP contribution in [0.3, 0.4) is 0 Å². The fraction of sp³-hybridized carbons (Fsp3) is 1.00. The number of rotatable bonds is 6. The summed E-state index contributed by atoms with van der Waals surface area (Å²) in [6.07, 6.45) is 2.71. The second-order valence-electron chi connectivity index (χ2n) is 2.35. The molecule has 0 amide bonds. The minimum atomic E-state index is -0.209. The van der Waals surface area contributed by atoms with Crippen molar-refractivity contribution in [2.45, 2.75) is 19.4 Å². The summed E-state index contributed by atoms with van der Waals surface area (Å²) in [7, 11) is 0. The topological polar surface area (TPSA) is 12.0 Å². The SMILES string of the molecule is CSCC(C)NCCCF. The van der Waals surface area contributed by atoms with Crippen LogP contribution in [0.1, 0.15) is 13.3 Å². The third kappa shape index (κ3) is 6.36. The Morgan fingerprint density at radius 2 is 2.30 bits per heavy atom. The van der Waals surface area contributed by atoms with Crippen LogP contribution in [0.2, 0.25) is 0 Å². The molecule has 10 heavy (non-hydrogen) atoms. The lowest BCUT2D eigenvalue weighted by atomic mass is 10.3. The van der Waals surface area contributed by atoms with E-state index in [-0.39, 0.29) is 6.67 Å². The van der Waals surface area contributed by atoms with Gasteiger partial charge in [0.1, 0.15) is 0 Å². The van der Waals surface area contributed by atoms with Crippen molar-refractivity contribution in [2.75, 3.05) is 25.2 Å². The van der Waals surface area contributed by atoms with Gasteiger partial charge >= 0.3 is 0 Å². The first-order valence-electron chi connectivity index (χ1n) is 3.59. The lowest BCUT2D eigenvalue weighted by Crippen LogP contribution is -2.29. The van der Waals surface area contributed by atoms with E-state index in [1.807, 2.05) is 11.8 Å². The highest BCUT2D eigenvalue weighted by Crippen LogP contribution is 1.95. The largest absolute Gasteiger partial charge is 0.313 e. The lowest BCUT2D eigenvalue weighted by Gasteiger charge is -2.10. The average Bonchev–Trinajstić information content (AvgIpc) is 1.89. The molecule has 0 bridgehead atoms. The van der Waals surface area contributed by atoms with Crippen LogP contribution in [0.5, 0.6) is 0 Å². The van der Waals surface area contributed by atoms with Gasteiger partial charge in [0, 0.05) is 11.8 Å². The molecule has 0 saturated heterocycles. The fourth-order valence-corrected chi connectivity index (χ4v) is 1.34. The maximum absolute atomic E-state index is 11.6. The molecule has 0 saturated carbocycles. The van der Waals surface area contributed by atoms with Crippen LogP contribution in [-0.2, 0) is 0 Å². The standard InChI is InChI=1S/C7H16FNS/c1-7(6-10-2)9-5-3-4-8/h7,9H,3-6H2,1-2H3. The molecule has 0 rings (SSSR count). The Hall–Kier alpha value is 0.240. The monoisotopic (exact) mass is 165 g/mol. The van der Waals surface area contributed by atoms with E-state index in [2.05, 4.69) is 18.5 Å². The van der Waals surface area contributed by atoms with Crippen molar-refractivity contribution in [1.82, 2.24) is 5.32 Å². The molecule has 1 N–H and O–H groups in total. The summed E-state index contributed by atoms with van der Waals surface area (Å²) in [5.74, 6) is 1.10. The van der Waals surface area contributed by atoms with Gasteiger partial charge in [0.25, 0.3) is 0 Å². The van der Waals surface area contributed by atoms with Crippen molar-refractivity contribution < 1.29 is 4.39 Å². The third-order valence-corrected chi connectivity index (χ3v) is 2.05. The summed E-state index contributed by atoms with van der Waals surface area (Å²) in [6, 6.07) is 0.515. The maximum atomic E-state index is 11.6. The normalized spacial score (nSPS) is 13.5. The molecule has 1 unspecified atom stereocenters. The number of hydrogen-bond acceptors (Lipinski definition) is 2. The Balaban J connectivity index is 2.97. The van der Waals surface area contributed by atoms with Gasteiger partial charge in [0.2, 0.25) is 0 Å². The van der Waals surface area contributed by atoms with Crippen molar-refractivity contribution in [1.29, 1.82) is 0 Å². The summed E-state index contributed by atoms with van der Waals surface area (Å²) in [5, 5.41) is 3.22. The molecule has 0 spiro atoms. The predicted octanol–water partition coefficient (Wildman–Crippen LogP) is 1.69. The molecule has 62 valence electrons. The number of hydrogen-bond donors (Lipinski definition) is 1. The molecule has 0 aromatic rings. The van der Waals surface area contributed by atoms with Gasteiger partial charge in [0.15, 0.2) is 0 Å². The molecule has 0 heterocycles. The smallest absolute Gasteiger partial charge is 0.0906 e. The van der Waals surface area contributed by atoms with Gasteiger partial charge < -0.3 is 5.32 Å². The summed E-state index contributed by atoms with van der Waals surface area (Å²) in [4.78, 5) is 0. The van der Waals surface area contributed by atoms with Crippen LogP contribution in [0.25, 0.3) is 0 Å². The van der Waals surface area contributed by atoms with Gasteiger partial charge in [0.05, 0.1) is 6.67 Å². The highest BCUT2D eigenvalue weighted by Gasteiger charge is 1.97. The molecule has 1 nitrogen and oxygen atoms in total. The quantitative estimate of drug-likeness (QED) is 0.601. The van der Waals surface area contributed by atoms with Crippen molar-refractivity contribution in [3.8, 4) is 0 Å². The van der Waals surface area contributed by atoms with Gasteiger partial charge in [-0.2, -0.15) is 11.8 Å². The molecule has 0 aliphatic rings. The number of halogens is 1. The molecule has 1 atom stereocenters. The van der Waals surface area contributed by atoms with Gasteiger partial charge in [-0.1, -0.05) is 0 Å². The van der Waals surface area contributed by atoms with Crippen LogP contribution in [0, 0.1) is 0 Å². The minimum Gasteiger partial charge on any atom is -0.313 e. The Labute approximate surface area is 66.8 Å². The van der Waals surface area contributed by atoms with Crippen LogP contribution in [0.15, 0.2) is 0 Å². The fourth-order valence-electron chi connectivity index (χ4n) is 0.724. The molecule has 0 aliphatic carbocycles. The first kappa shape index (κ1) is 10.2. The van der Waals surface area contributed by atoms with Crippen molar-refractivity contribution >= 4 is 11.8 Å². The van der Waals surface area contributed by atoms with Crippen LogP contribution < -0.4 is 5.32 Å². The average molecular weight is 165 g/mol. The first-order chi connectivity index (χ1) is 4.81. The summed E-state index contributed by atoms with van der Waals surface area (Å²) >= 11 is 1.81. The number of nitrogens with one attached hydrogen (secondary N) is 1. The van der Waals surface area contributed by atoms with Crippen molar-refractivity contribution in [2.24, 2.45) is 0 Å². The zero-order valence-electron chi connectivity index (χ0n) is 6.69. The molecule has 0 aliphatic heterocycles. The Morgan fingerprint density at radius 3 is 2.80 bits per heavy atom. The van der Waals surface area contributed by atoms with E-state index in [0.29, 0.717) is 12.5 Å². The Kier molecular flexibility index (Phi) is 7.52. The van der Waals surface area contributed by atoms with E-state index < -0.39 is 0 Å². The molecule has 0 fully saturated rings. The Morgan fingerprint density at radius 1 is 1.60 bits per heavy atom. The van der Waals surface area contributed by atoms with Crippen LogP contribution >= 0.6 is 11.8 Å². The van der Waals surface area contributed by atoms with E-state index >= 15 is 0 Å². The molecular formula is C7H16FNS. The van der Waals surface area contributed by atoms with Gasteiger partial charge in [-0.3, -0.25) is 4.39 Å². The van der Waals surface area contributed by atoms with E-state index in [4.69, 9.17) is 0 Å². The number of thioether (sulfide) groups is 1. The second kappa shape index (κ2) is 7.35. The zero-order chi connectivity index (χ0) is 7.82. The highest BCUT2D eigenvalue weighted by molar-refractivity contribution is 7.98. The lowest BCUT2D eigenvalue weighted by molar-refractivity contribution is 0.450.